The third kappa shape index (κ3) is 24.1. The molecule has 0 aromatic carbocycles. The molecule has 0 aliphatic carbocycles. The number of nitrogens with two attached hydrogens (primary N) is 2. The number of carbonyl (C=O) groups excluding carboxylic acids is 2. The Labute approximate surface area is 153 Å². The predicted molar refractivity (Wildman–Crippen MR) is 95.3 cm³/mol. The number of rotatable bonds is 14. The van der Waals surface area contributed by atoms with Gasteiger partial charge in [0, 0.05) is 25.7 Å². The van der Waals surface area contributed by atoms with Crippen molar-refractivity contribution in [2.75, 3.05) is 0 Å². The Kier molecular flexibility index (Phi) is 19.2. The van der Waals surface area contributed by atoms with Crippen molar-refractivity contribution in [2.24, 2.45) is 11.7 Å². The van der Waals surface area contributed by atoms with Crippen LogP contribution < -0.4 is 22.5 Å². The van der Waals surface area contributed by atoms with E-state index in [4.69, 9.17) is 21.9 Å². The molecule has 0 aromatic rings. The van der Waals surface area contributed by atoms with Crippen molar-refractivity contribution < 1.29 is 29.4 Å². The summed E-state index contributed by atoms with van der Waals surface area (Å²) in [7, 11) is 0. The van der Waals surface area contributed by atoms with Crippen molar-refractivity contribution >= 4 is 23.8 Å². The quantitative estimate of drug-likeness (QED) is 0.111. The number of hydrogen-bond acceptors (Lipinski definition) is 6. The van der Waals surface area contributed by atoms with E-state index in [2.05, 4.69) is 0 Å². The molecule has 10 heteroatoms. The smallest absolute Gasteiger partial charge is 0.303 e. The summed E-state index contributed by atoms with van der Waals surface area (Å²) < 4.78 is 0. The third-order valence-electron chi connectivity index (χ3n) is 3.41. The summed E-state index contributed by atoms with van der Waals surface area (Å²) in [5.41, 5.74) is 4.01. The first-order chi connectivity index (χ1) is 12.3. The molecule has 8 N–H and O–H groups in total. The first kappa shape index (κ1) is 26.0. The average molecular weight is 376 g/mol. The van der Waals surface area contributed by atoms with Crippen LogP contribution in [0.2, 0.25) is 0 Å². The van der Waals surface area contributed by atoms with Crippen LogP contribution in [0.4, 0.5) is 0 Å². The van der Waals surface area contributed by atoms with Gasteiger partial charge in [-0.25, -0.2) is 11.7 Å². The topological polar surface area (TPSA) is 185 Å². The maximum atomic E-state index is 10.6. The van der Waals surface area contributed by atoms with Gasteiger partial charge in [0.25, 0.3) is 0 Å². The fraction of sp³-hybridized carbons (Fsp3) is 0.750. The molecular formula is C16H32N4O6. The number of hydrazine groups is 2. The van der Waals surface area contributed by atoms with Crippen LogP contribution in [0.5, 0.6) is 0 Å². The van der Waals surface area contributed by atoms with Gasteiger partial charge in [0.2, 0.25) is 11.8 Å². The second-order valence-corrected chi connectivity index (χ2v) is 5.75. The number of carboxylic acids is 2. The Morgan fingerprint density at radius 1 is 0.538 bits per heavy atom. The summed E-state index contributed by atoms with van der Waals surface area (Å²) in [6, 6.07) is 0. The summed E-state index contributed by atoms with van der Waals surface area (Å²) in [6.45, 7) is 0. The minimum Gasteiger partial charge on any atom is -0.481 e. The van der Waals surface area contributed by atoms with E-state index in [9.17, 15) is 19.2 Å². The molecule has 0 radical (unpaired) electrons. The van der Waals surface area contributed by atoms with Gasteiger partial charge in [-0.15, -0.1) is 0 Å². The zero-order valence-corrected chi connectivity index (χ0v) is 15.2. The summed E-state index contributed by atoms with van der Waals surface area (Å²) >= 11 is 0. The summed E-state index contributed by atoms with van der Waals surface area (Å²) in [5, 5.41) is 16.7. The lowest BCUT2D eigenvalue weighted by Crippen LogP contribution is -2.30. The Morgan fingerprint density at radius 3 is 1.08 bits per heavy atom. The van der Waals surface area contributed by atoms with Gasteiger partial charge in [0.05, 0.1) is 0 Å². The van der Waals surface area contributed by atoms with Crippen LogP contribution in [-0.2, 0) is 19.2 Å². The fourth-order valence-corrected chi connectivity index (χ4v) is 1.98. The molecule has 0 unspecified atom stereocenters. The van der Waals surface area contributed by atoms with Gasteiger partial charge < -0.3 is 10.2 Å². The van der Waals surface area contributed by atoms with Crippen LogP contribution in [0.15, 0.2) is 0 Å². The number of amides is 2. The zero-order chi connectivity index (χ0) is 20.2. The molecule has 0 atom stereocenters. The molecule has 0 spiro atoms. The summed E-state index contributed by atoms with van der Waals surface area (Å²) in [6.07, 6.45) is 7.78. The van der Waals surface area contributed by atoms with Gasteiger partial charge in [0.1, 0.15) is 0 Å². The number of aliphatic carboxylic acids is 2. The van der Waals surface area contributed by atoms with Crippen LogP contribution in [-0.4, -0.2) is 34.0 Å². The van der Waals surface area contributed by atoms with E-state index in [1.54, 1.807) is 0 Å². The van der Waals surface area contributed by atoms with Crippen LogP contribution >= 0.6 is 0 Å². The molecule has 0 aliphatic rings. The van der Waals surface area contributed by atoms with Crippen molar-refractivity contribution in [1.29, 1.82) is 0 Å². The summed E-state index contributed by atoms with van der Waals surface area (Å²) in [5.74, 6) is 7.76. The number of nitrogens with one attached hydrogen (secondary N) is 2. The highest BCUT2D eigenvalue weighted by atomic mass is 16.4. The SMILES string of the molecule is NNC(=O)CCCCC(=O)NN.O=C(O)CCCCCCCCC(=O)O. The number of unbranched alkanes of at least 4 members (excludes halogenated alkanes) is 6. The van der Waals surface area contributed by atoms with E-state index < -0.39 is 11.9 Å². The van der Waals surface area contributed by atoms with Crippen LogP contribution in [0.1, 0.15) is 77.0 Å². The minimum atomic E-state index is -0.740. The first-order valence-corrected chi connectivity index (χ1v) is 8.76. The predicted octanol–water partition coefficient (Wildman–Crippen LogP) is 0.803. The van der Waals surface area contributed by atoms with E-state index in [1.807, 2.05) is 10.9 Å². The van der Waals surface area contributed by atoms with Crippen LogP contribution in [0, 0.1) is 0 Å². The van der Waals surface area contributed by atoms with Crippen molar-refractivity contribution in [3.63, 3.8) is 0 Å². The minimum absolute atomic E-state index is 0.219. The molecule has 10 nitrogen and oxygen atoms in total. The Balaban J connectivity index is 0. The summed E-state index contributed by atoms with van der Waals surface area (Å²) in [4.78, 5) is 41.4. The molecule has 0 aliphatic heterocycles. The van der Waals surface area contributed by atoms with Crippen molar-refractivity contribution in [3.05, 3.63) is 0 Å². The molecule has 152 valence electrons. The lowest BCUT2D eigenvalue weighted by atomic mass is 10.1. The Bertz CT molecular complexity index is 380. The number of hydrogen-bond donors (Lipinski definition) is 6. The van der Waals surface area contributed by atoms with Gasteiger partial charge >= 0.3 is 11.9 Å². The molecule has 0 saturated heterocycles. The highest BCUT2D eigenvalue weighted by Gasteiger charge is 2.01. The molecule has 0 aromatic heterocycles. The molecule has 2 amide bonds. The fourth-order valence-electron chi connectivity index (χ4n) is 1.98. The van der Waals surface area contributed by atoms with Gasteiger partial charge in [0.15, 0.2) is 0 Å². The van der Waals surface area contributed by atoms with Gasteiger partial charge in [-0.3, -0.25) is 30.0 Å². The highest BCUT2D eigenvalue weighted by molar-refractivity contribution is 5.76. The van der Waals surface area contributed by atoms with Gasteiger partial charge in [-0.2, -0.15) is 0 Å². The normalized spacial score (nSPS) is 9.62. The number of carboxylic acid groups (broad SMARTS) is 2. The lowest BCUT2D eigenvalue weighted by Gasteiger charge is -1.99. The second kappa shape index (κ2) is 19.1. The average Bonchev–Trinajstić information content (AvgIpc) is 2.60. The monoisotopic (exact) mass is 376 g/mol. The molecule has 0 bridgehead atoms. The van der Waals surface area contributed by atoms with Gasteiger partial charge in [-0.05, 0) is 25.7 Å². The molecule has 0 heterocycles. The maximum absolute atomic E-state index is 10.6. The van der Waals surface area contributed by atoms with Crippen molar-refractivity contribution in [2.45, 2.75) is 77.0 Å². The Hall–Kier alpha value is -2.20. The van der Waals surface area contributed by atoms with E-state index in [1.165, 1.54) is 0 Å². The third-order valence-corrected chi connectivity index (χ3v) is 3.41. The maximum Gasteiger partial charge on any atom is 0.303 e. The molecular weight excluding hydrogens is 344 g/mol. The molecule has 0 fully saturated rings. The highest BCUT2D eigenvalue weighted by Crippen LogP contribution is 2.08. The standard InChI is InChI=1S/C10H18O4.C6H14N4O2/c11-9(12)7-5-3-1-2-4-6-8-10(13)14;7-9-5(11)3-1-2-4-6(12)10-8/h1-8H2,(H,11,12)(H,13,14);1-4,7-8H2,(H,9,11)(H,10,12). The first-order valence-electron chi connectivity index (χ1n) is 8.76. The second-order valence-electron chi connectivity index (χ2n) is 5.75. The van der Waals surface area contributed by atoms with Crippen LogP contribution in [0.25, 0.3) is 0 Å². The largest absolute Gasteiger partial charge is 0.481 e. The van der Waals surface area contributed by atoms with E-state index in [-0.39, 0.29) is 24.7 Å². The van der Waals surface area contributed by atoms with Crippen molar-refractivity contribution in [3.8, 4) is 0 Å². The van der Waals surface area contributed by atoms with Gasteiger partial charge in [-0.1, -0.05) is 25.7 Å². The van der Waals surface area contributed by atoms with E-state index in [0.29, 0.717) is 25.7 Å². The Morgan fingerprint density at radius 2 is 0.808 bits per heavy atom. The van der Waals surface area contributed by atoms with E-state index in [0.717, 1.165) is 38.5 Å². The molecule has 0 rings (SSSR count). The van der Waals surface area contributed by atoms with Crippen molar-refractivity contribution in [1.82, 2.24) is 10.9 Å². The number of carbonyl (C=O) groups is 4. The molecule has 26 heavy (non-hydrogen) atoms. The van der Waals surface area contributed by atoms with Crippen LogP contribution in [0.3, 0.4) is 0 Å². The lowest BCUT2D eigenvalue weighted by molar-refractivity contribution is -0.138. The zero-order valence-electron chi connectivity index (χ0n) is 15.2. The van der Waals surface area contributed by atoms with E-state index >= 15 is 0 Å². The molecule has 0 saturated carbocycles.